The van der Waals surface area contributed by atoms with Crippen LogP contribution in [0.4, 0.5) is 5.69 Å². The second-order valence-electron chi connectivity index (χ2n) is 3.86. The SMILES string of the molecule is CCN(C)c1ccc(CC(C)N)cc1. The van der Waals surface area contributed by atoms with Crippen molar-refractivity contribution < 1.29 is 0 Å². The van der Waals surface area contributed by atoms with E-state index in [2.05, 4.69) is 43.1 Å². The lowest BCUT2D eigenvalue weighted by molar-refractivity contribution is 0.738. The molecule has 1 aromatic carbocycles. The highest BCUT2D eigenvalue weighted by molar-refractivity contribution is 5.46. The molecular weight excluding hydrogens is 172 g/mol. The van der Waals surface area contributed by atoms with E-state index in [4.69, 9.17) is 5.73 Å². The van der Waals surface area contributed by atoms with Gasteiger partial charge in [0.1, 0.15) is 0 Å². The van der Waals surface area contributed by atoms with Crippen molar-refractivity contribution in [2.24, 2.45) is 5.73 Å². The minimum atomic E-state index is 0.241. The van der Waals surface area contributed by atoms with Crippen molar-refractivity contribution in [2.75, 3.05) is 18.5 Å². The maximum absolute atomic E-state index is 5.74. The Balaban J connectivity index is 2.68. The van der Waals surface area contributed by atoms with Gasteiger partial charge in [-0.2, -0.15) is 0 Å². The van der Waals surface area contributed by atoms with Crippen LogP contribution >= 0.6 is 0 Å². The van der Waals surface area contributed by atoms with Crippen molar-refractivity contribution in [3.05, 3.63) is 29.8 Å². The Bertz CT molecular complexity index is 264. The Hall–Kier alpha value is -1.02. The smallest absolute Gasteiger partial charge is 0.0363 e. The summed E-state index contributed by atoms with van der Waals surface area (Å²) in [5, 5.41) is 0. The Labute approximate surface area is 86.7 Å². The van der Waals surface area contributed by atoms with E-state index in [1.807, 2.05) is 6.92 Å². The molecule has 0 aliphatic carbocycles. The van der Waals surface area contributed by atoms with Crippen LogP contribution in [-0.4, -0.2) is 19.6 Å². The highest BCUT2D eigenvalue weighted by Crippen LogP contribution is 2.14. The van der Waals surface area contributed by atoms with E-state index in [1.54, 1.807) is 0 Å². The molecule has 0 spiro atoms. The summed E-state index contributed by atoms with van der Waals surface area (Å²) in [4.78, 5) is 2.22. The molecule has 1 rings (SSSR count). The van der Waals surface area contributed by atoms with E-state index in [0.717, 1.165) is 13.0 Å². The minimum absolute atomic E-state index is 0.241. The number of rotatable bonds is 4. The standard InChI is InChI=1S/C12H20N2/c1-4-14(3)12-7-5-11(6-8-12)9-10(2)13/h5-8,10H,4,9,13H2,1-3H3. The fourth-order valence-corrected chi connectivity index (χ4v) is 1.44. The molecule has 0 saturated heterocycles. The van der Waals surface area contributed by atoms with Gasteiger partial charge >= 0.3 is 0 Å². The van der Waals surface area contributed by atoms with Gasteiger partial charge in [-0.15, -0.1) is 0 Å². The van der Waals surface area contributed by atoms with Crippen LogP contribution in [0.2, 0.25) is 0 Å². The monoisotopic (exact) mass is 192 g/mol. The average Bonchev–Trinajstić information content (AvgIpc) is 2.17. The lowest BCUT2D eigenvalue weighted by Gasteiger charge is -2.17. The quantitative estimate of drug-likeness (QED) is 0.791. The third-order valence-corrected chi connectivity index (χ3v) is 2.41. The highest BCUT2D eigenvalue weighted by Gasteiger charge is 2.00. The molecule has 0 heterocycles. The Morgan fingerprint density at radius 1 is 1.29 bits per heavy atom. The van der Waals surface area contributed by atoms with Gasteiger partial charge in [-0.3, -0.25) is 0 Å². The maximum Gasteiger partial charge on any atom is 0.0363 e. The number of hydrogen-bond donors (Lipinski definition) is 1. The van der Waals surface area contributed by atoms with Gasteiger partial charge < -0.3 is 10.6 Å². The van der Waals surface area contributed by atoms with Crippen molar-refractivity contribution in [3.63, 3.8) is 0 Å². The molecule has 2 N–H and O–H groups in total. The molecule has 0 fully saturated rings. The van der Waals surface area contributed by atoms with E-state index >= 15 is 0 Å². The van der Waals surface area contributed by atoms with E-state index < -0.39 is 0 Å². The molecule has 0 bridgehead atoms. The highest BCUT2D eigenvalue weighted by atomic mass is 15.1. The van der Waals surface area contributed by atoms with Gasteiger partial charge in [0.25, 0.3) is 0 Å². The first-order valence-corrected chi connectivity index (χ1v) is 5.19. The number of anilines is 1. The van der Waals surface area contributed by atoms with Crippen LogP contribution < -0.4 is 10.6 Å². The Morgan fingerprint density at radius 3 is 2.29 bits per heavy atom. The predicted molar refractivity (Wildman–Crippen MR) is 62.7 cm³/mol. The molecule has 0 aliphatic rings. The van der Waals surface area contributed by atoms with Crippen molar-refractivity contribution >= 4 is 5.69 Å². The zero-order valence-electron chi connectivity index (χ0n) is 9.33. The van der Waals surface area contributed by atoms with Crippen LogP contribution in [0.3, 0.4) is 0 Å². The summed E-state index contributed by atoms with van der Waals surface area (Å²) >= 11 is 0. The van der Waals surface area contributed by atoms with Crippen molar-refractivity contribution in [1.82, 2.24) is 0 Å². The van der Waals surface area contributed by atoms with Crippen molar-refractivity contribution in [3.8, 4) is 0 Å². The normalized spacial score (nSPS) is 12.6. The number of nitrogens with two attached hydrogens (primary N) is 1. The van der Waals surface area contributed by atoms with Crippen LogP contribution in [0.1, 0.15) is 19.4 Å². The molecule has 0 aromatic heterocycles. The molecule has 0 saturated carbocycles. The molecule has 0 aliphatic heterocycles. The zero-order chi connectivity index (χ0) is 10.6. The molecule has 2 nitrogen and oxygen atoms in total. The van der Waals surface area contributed by atoms with Crippen LogP contribution in [-0.2, 0) is 6.42 Å². The second-order valence-corrected chi connectivity index (χ2v) is 3.86. The summed E-state index contributed by atoms with van der Waals surface area (Å²) in [6.07, 6.45) is 0.954. The molecule has 0 amide bonds. The van der Waals surface area contributed by atoms with E-state index in [-0.39, 0.29) is 6.04 Å². The van der Waals surface area contributed by atoms with E-state index in [9.17, 15) is 0 Å². The fourth-order valence-electron chi connectivity index (χ4n) is 1.44. The summed E-state index contributed by atoms with van der Waals surface area (Å²) in [6, 6.07) is 8.86. The minimum Gasteiger partial charge on any atom is -0.375 e. The summed E-state index contributed by atoms with van der Waals surface area (Å²) in [5.74, 6) is 0. The first-order valence-electron chi connectivity index (χ1n) is 5.19. The maximum atomic E-state index is 5.74. The van der Waals surface area contributed by atoms with Crippen LogP contribution in [0.5, 0.6) is 0 Å². The predicted octanol–water partition coefficient (Wildman–Crippen LogP) is 2.03. The third kappa shape index (κ3) is 3.04. The number of nitrogens with zero attached hydrogens (tertiary/aromatic N) is 1. The van der Waals surface area contributed by atoms with Crippen molar-refractivity contribution in [2.45, 2.75) is 26.3 Å². The molecule has 1 unspecified atom stereocenters. The van der Waals surface area contributed by atoms with E-state index in [0.29, 0.717) is 0 Å². The Kier molecular flexibility index (Phi) is 3.96. The largest absolute Gasteiger partial charge is 0.375 e. The van der Waals surface area contributed by atoms with Gasteiger partial charge in [0.15, 0.2) is 0 Å². The topological polar surface area (TPSA) is 29.3 Å². The zero-order valence-corrected chi connectivity index (χ0v) is 9.33. The average molecular weight is 192 g/mol. The van der Waals surface area contributed by atoms with Crippen LogP contribution in [0.25, 0.3) is 0 Å². The van der Waals surface area contributed by atoms with E-state index in [1.165, 1.54) is 11.3 Å². The second kappa shape index (κ2) is 5.01. The number of hydrogen-bond acceptors (Lipinski definition) is 2. The molecule has 78 valence electrons. The first kappa shape index (κ1) is 11.1. The van der Waals surface area contributed by atoms with Crippen LogP contribution in [0.15, 0.2) is 24.3 Å². The van der Waals surface area contributed by atoms with Gasteiger partial charge in [0.05, 0.1) is 0 Å². The number of benzene rings is 1. The molecule has 1 aromatic rings. The fraction of sp³-hybridized carbons (Fsp3) is 0.500. The summed E-state index contributed by atoms with van der Waals surface area (Å²) < 4.78 is 0. The lowest BCUT2D eigenvalue weighted by Crippen LogP contribution is -2.18. The first-order chi connectivity index (χ1) is 6.63. The van der Waals surface area contributed by atoms with Gasteiger partial charge in [-0.1, -0.05) is 12.1 Å². The summed E-state index contributed by atoms with van der Waals surface area (Å²) in [7, 11) is 2.10. The molecule has 2 heteroatoms. The van der Waals surface area contributed by atoms with Gasteiger partial charge in [0, 0.05) is 25.3 Å². The van der Waals surface area contributed by atoms with Crippen molar-refractivity contribution in [1.29, 1.82) is 0 Å². The van der Waals surface area contributed by atoms with Crippen LogP contribution in [0, 0.1) is 0 Å². The summed E-state index contributed by atoms with van der Waals surface area (Å²) in [6.45, 7) is 5.22. The van der Waals surface area contributed by atoms with Gasteiger partial charge in [-0.05, 0) is 38.0 Å². The van der Waals surface area contributed by atoms with Gasteiger partial charge in [-0.25, -0.2) is 0 Å². The molecular formula is C12H20N2. The van der Waals surface area contributed by atoms with Gasteiger partial charge in [0.2, 0.25) is 0 Å². The summed E-state index contributed by atoms with van der Waals surface area (Å²) in [5.41, 5.74) is 8.32. The molecule has 0 radical (unpaired) electrons. The Morgan fingerprint density at radius 2 is 1.86 bits per heavy atom. The lowest BCUT2D eigenvalue weighted by atomic mass is 10.1. The molecule has 14 heavy (non-hydrogen) atoms. The molecule has 1 atom stereocenters. The third-order valence-electron chi connectivity index (χ3n) is 2.41.